The van der Waals surface area contributed by atoms with Crippen molar-refractivity contribution >= 4 is 19.7 Å². The van der Waals surface area contributed by atoms with Crippen LogP contribution in [0.3, 0.4) is 0 Å². The molecule has 0 aliphatic heterocycles. The highest BCUT2D eigenvalue weighted by Crippen LogP contribution is 2.42. The zero-order valence-electron chi connectivity index (χ0n) is 25.7. The summed E-state index contributed by atoms with van der Waals surface area (Å²) in [7, 11) is -4.39. The molecule has 0 fully saturated rings. The van der Waals surface area contributed by atoms with Gasteiger partial charge in [-0.05, 0) is 51.4 Å². The van der Waals surface area contributed by atoms with E-state index in [0.29, 0.717) is 6.42 Å². The van der Waals surface area contributed by atoms with E-state index in [2.05, 4.69) is 77.5 Å². The predicted molar refractivity (Wildman–Crippen MR) is 169 cm³/mol. The molecular weight excluding hydrogens is 557 g/mol. The van der Waals surface area contributed by atoms with Gasteiger partial charge in [0.1, 0.15) is 12.7 Å². The molecule has 0 saturated carbocycles. The van der Waals surface area contributed by atoms with Crippen LogP contribution < -0.4 is 5.32 Å². The number of allylic oxidation sites excluding steroid dienone is 10. The van der Waals surface area contributed by atoms with Crippen molar-refractivity contribution in [3.05, 3.63) is 60.8 Å². The molecule has 0 aromatic carbocycles. The molecule has 0 rings (SSSR count). The molecule has 0 saturated heterocycles. The molecule has 0 bridgehead atoms. The lowest BCUT2D eigenvalue weighted by Crippen LogP contribution is -2.27. The number of aliphatic hydroxyl groups is 1. The molecule has 2 unspecified atom stereocenters. The Bertz CT molecular complexity index is 882. The molecule has 1 amide bonds. The summed E-state index contributed by atoms with van der Waals surface area (Å²) in [5.41, 5.74) is 0. The Labute approximate surface area is 253 Å². The average Bonchev–Trinajstić information content (AvgIpc) is 2.97. The Morgan fingerprint density at radius 1 is 0.762 bits per heavy atom. The second-order valence-electron chi connectivity index (χ2n) is 9.65. The standard InChI is InChI=1S/C32H54NO8P/c1-3-5-6-7-8-9-10-11-12-13-14-15-16-17-18-19-20-21-22-23-24-25-31(35)33-26-27-40-42(37,38)41-29-30(34)28-39-32(36)4-2/h5-6,8-9,11-12,14-15,17-18,30,34H,3-4,7,10,13,16,19-29H2,1-2H3,(H,33,35)(H,37,38)/b6-5-,9-8-,12-11-,15-14-,18-17-. The van der Waals surface area contributed by atoms with E-state index in [1.54, 1.807) is 6.92 Å². The summed E-state index contributed by atoms with van der Waals surface area (Å²) < 4.78 is 25.9. The van der Waals surface area contributed by atoms with E-state index < -0.39 is 26.5 Å². The fourth-order valence-electron chi connectivity index (χ4n) is 3.44. The number of ether oxygens (including phenoxy) is 1. The lowest BCUT2D eigenvalue weighted by Gasteiger charge is -2.15. The van der Waals surface area contributed by atoms with Crippen LogP contribution in [0.2, 0.25) is 0 Å². The Morgan fingerprint density at radius 2 is 1.31 bits per heavy atom. The maximum absolute atomic E-state index is 11.9. The lowest BCUT2D eigenvalue weighted by atomic mass is 10.1. The molecule has 42 heavy (non-hydrogen) atoms. The van der Waals surface area contributed by atoms with Crippen LogP contribution in [0, 0.1) is 0 Å². The summed E-state index contributed by atoms with van der Waals surface area (Å²) in [4.78, 5) is 32.5. The van der Waals surface area contributed by atoms with Gasteiger partial charge in [0.15, 0.2) is 0 Å². The van der Waals surface area contributed by atoms with Gasteiger partial charge in [0, 0.05) is 19.4 Å². The Kier molecular flexibility index (Phi) is 27.2. The van der Waals surface area contributed by atoms with Crippen LogP contribution in [-0.2, 0) is 27.9 Å². The zero-order chi connectivity index (χ0) is 31.2. The molecule has 0 aromatic heterocycles. The van der Waals surface area contributed by atoms with Gasteiger partial charge in [-0.25, -0.2) is 4.57 Å². The van der Waals surface area contributed by atoms with Crippen molar-refractivity contribution in [1.29, 1.82) is 0 Å². The minimum atomic E-state index is -4.39. The monoisotopic (exact) mass is 611 g/mol. The van der Waals surface area contributed by atoms with E-state index in [-0.39, 0.29) is 32.1 Å². The molecular formula is C32H54NO8P. The largest absolute Gasteiger partial charge is 0.472 e. The number of phosphoric ester groups is 1. The molecule has 3 N–H and O–H groups in total. The topological polar surface area (TPSA) is 131 Å². The summed E-state index contributed by atoms with van der Waals surface area (Å²) >= 11 is 0. The van der Waals surface area contributed by atoms with Gasteiger partial charge in [0.25, 0.3) is 0 Å². The number of hydrogen-bond donors (Lipinski definition) is 3. The van der Waals surface area contributed by atoms with Crippen molar-refractivity contribution in [3.63, 3.8) is 0 Å². The average molecular weight is 612 g/mol. The van der Waals surface area contributed by atoms with E-state index in [1.165, 1.54) is 0 Å². The number of carbonyl (C=O) groups excluding carboxylic acids is 2. The Morgan fingerprint density at radius 3 is 1.90 bits per heavy atom. The number of phosphoric acid groups is 1. The second-order valence-corrected chi connectivity index (χ2v) is 11.1. The summed E-state index contributed by atoms with van der Waals surface area (Å²) in [5.74, 6) is -0.635. The third-order valence-electron chi connectivity index (χ3n) is 5.77. The maximum Gasteiger partial charge on any atom is 0.472 e. The maximum atomic E-state index is 11.9. The minimum Gasteiger partial charge on any atom is -0.463 e. The van der Waals surface area contributed by atoms with Gasteiger partial charge < -0.3 is 20.1 Å². The van der Waals surface area contributed by atoms with E-state index in [1.807, 2.05) is 0 Å². The van der Waals surface area contributed by atoms with Gasteiger partial charge in [-0.2, -0.15) is 0 Å². The second kappa shape index (κ2) is 28.8. The van der Waals surface area contributed by atoms with Crippen LogP contribution in [0.4, 0.5) is 0 Å². The molecule has 2 atom stereocenters. The first kappa shape index (κ1) is 39.7. The summed E-state index contributed by atoms with van der Waals surface area (Å²) in [6, 6.07) is 0. The van der Waals surface area contributed by atoms with Crippen LogP contribution in [-0.4, -0.2) is 54.3 Å². The van der Waals surface area contributed by atoms with Gasteiger partial charge in [-0.15, -0.1) is 0 Å². The minimum absolute atomic E-state index is 0.0661. The number of carbonyl (C=O) groups is 2. The fourth-order valence-corrected chi connectivity index (χ4v) is 4.20. The summed E-state index contributed by atoms with van der Waals surface area (Å²) in [6.45, 7) is 2.74. The van der Waals surface area contributed by atoms with Crippen LogP contribution in [0.15, 0.2) is 60.8 Å². The first-order valence-corrected chi connectivity index (χ1v) is 16.8. The summed E-state index contributed by atoms with van der Waals surface area (Å²) in [5, 5.41) is 12.2. The number of rotatable bonds is 27. The van der Waals surface area contributed by atoms with Crippen molar-refractivity contribution in [1.82, 2.24) is 5.32 Å². The molecule has 240 valence electrons. The fraction of sp³-hybridized carbons (Fsp3) is 0.625. The quantitative estimate of drug-likeness (QED) is 0.0390. The van der Waals surface area contributed by atoms with Crippen molar-refractivity contribution in [3.8, 4) is 0 Å². The number of unbranched alkanes of at least 4 members (excludes halogenated alkanes) is 5. The molecule has 0 aliphatic rings. The highest BCUT2D eigenvalue weighted by molar-refractivity contribution is 7.47. The highest BCUT2D eigenvalue weighted by atomic mass is 31.2. The van der Waals surface area contributed by atoms with Gasteiger partial charge in [0.05, 0.1) is 13.2 Å². The normalized spacial score (nSPS) is 14.5. The third kappa shape index (κ3) is 29.2. The Balaban J connectivity index is 3.61. The molecule has 9 nitrogen and oxygen atoms in total. The van der Waals surface area contributed by atoms with Gasteiger partial charge >= 0.3 is 13.8 Å². The Hall–Kier alpha value is -2.29. The van der Waals surface area contributed by atoms with E-state index >= 15 is 0 Å². The number of hydrogen-bond acceptors (Lipinski definition) is 7. The van der Waals surface area contributed by atoms with Crippen LogP contribution >= 0.6 is 7.82 Å². The number of nitrogens with one attached hydrogen (secondary N) is 1. The number of aliphatic hydroxyl groups excluding tert-OH is 1. The molecule has 0 aromatic rings. The zero-order valence-corrected chi connectivity index (χ0v) is 26.6. The van der Waals surface area contributed by atoms with Crippen molar-refractivity contribution < 1.29 is 37.9 Å². The van der Waals surface area contributed by atoms with Crippen LogP contribution in [0.5, 0.6) is 0 Å². The van der Waals surface area contributed by atoms with Crippen molar-refractivity contribution in [2.24, 2.45) is 0 Å². The third-order valence-corrected chi connectivity index (χ3v) is 6.75. The SMILES string of the molecule is CC/C=C\C/C=C\C/C=C\C/C=C\C/C=C\CCCCCCCC(=O)NCCOP(=O)(O)OCC(O)COC(=O)CC. The van der Waals surface area contributed by atoms with Crippen LogP contribution in [0.1, 0.15) is 97.3 Å². The van der Waals surface area contributed by atoms with Gasteiger partial charge in [-0.3, -0.25) is 18.6 Å². The summed E-state index contributed by atoms with van der Waals surface area (Å²) in [6.07, 6.45) is 32.5. The van der Waals surface area contributed by atoms with E-state index in [4.69, 9.17) is 9.26 Å². The number of esters is 1. The first-order chi connectivity index (χ1) is 20.3. The van der Waals surface area contributed by atoms with E-state index in [9.17, 15) is 24.2 Å². The smallest absolute Gasteiger partial charge is 0.463 e. The predicted octanol–water partition coefficient (Wildman–Crippen LogP) is 7.03. The molecule has 0 spiro atoms. The highest BCUT2D eigenvalue weighted by Gasteiger charge is 2.23. The molecule has 0 radical (unpaired) electrons. The first-order valence-electron chi connectivity index (χ1n) is 15.3. The number of amides is 1. The van der Waals surface area contributed by atoms with Gasteiger partial charge in [0.2, 0.25) is 5.91 Å². The van der Waals surface area contributed by atoms with Crippen molar-refractivity contribution in [2.75, 3.05) is 26.4 Å². The van der Waals surface area contributed by atoms with E-state index in [0.717, 1.165) is 70.6 Å². The lowest BCUT2D eigenvalue weighted by molar-refractivity contribution is -0.146. The molecule has 0 heterocycles. The van der Waals surface area contributed by atoms with Crippen molar-refractivity contribution in [2.45, 2.75) is 103 Å². The molecule has 0 aliphatic carbocycles. The van der Waals surface area contributed by atoms with Gasteiger partial charge in [-0.1, -0.05) is 93.9 Å². The molecule has 10 heteroatoms. The van der Waals surface area contributed by atoms with Crippen LogP contribution in [0.25, 0.3) is 0 Å².